The molecule has 1 aromatic heterocycles. The monoisotopic (exact) mass is 250 g/mol. The highest BCUT2D eigenvalue weighted by molar-refractivity contribution is 8.00. The van der Waals surface area contributed by atoms with Gasteiger partial charge in [0.2, 0.25) is 0 Å². The summed E-state index contributed by atoms with van der Waals surface area (Å²) in [5.41, 5.74) is 7.57. The molecule has 0 amide bonds. The average molecular weight is 250 g/mol. The van der Waals surface area contributed by atoms with E-state index in [-0.39, 0.29) is 6.04 Å². The third kappa shape index (κ3) is 3.46. The Bertz CT molecular complexity index is 322. The lowest BCUT2D eigenvalue weighted by Gasteiger charge is -2.25. The van der Waals surface area contributed by atoms with Crippen molar-refractivity contribution in [2.24, 2.45) is 5.73 Å². The van der Waals surface area contributed by atoms with Crippen molar-refractivity contribution in [1.82, 2.24) is 4.98 Å². The smallest absolute Gasteiger partial charge is 0.0466 e. The van der Waals surface area contributed by atoms with Gasteiger partial charge in [0.1, 0.15) is 0 Å². The maximum Gasteiger partial charge on any atom is 0.0466 e. The van der Waals surface area contributed by atoms with Crippen LogP contribution >= 0.6 is 11.8 Å². The Balaban J connectivity index is 2.07. The molecule has 2 N–H and O–H groups in total. The number of nitrogens with two attached hydrogens (primary N) is 1. The maximum absolute atomic E-state index is 6.28. The second-order valence-electron chi connectivity index (χ2n) is 4.82. The fraction of sp³-hybridized carbons (Fsp3) is 0.643. The van der Waals surface area contributed by atoms with Gasteiger partial charge in [-0.25, -0.2) is 0 Å². The van der Waals surface area contributed by atoms with Crippen molar-refractivity contribution in [2.75, 3.05) is 0 Å². The Labute approximate surface area is 108 Å². The van der Waals surface area contributed by atoms with Gasteiger partial charge in [-0.1, -0.05) is 25.8 Å². The van der Waals surface area contributed by atoms with Crippen molar-refractivity contribution in [1.29, 1.82) is 0 Å². The van der Waals surface area contributed by atoms with Crippen LogP contribution in [0.15, 0.2) is 24.5 Å². The Morgan fingerprint density at radius 2 is 2.24 bits per heavy atom. The summed E-state index contributed by atoms with van der Waals surface area (Å²) >= 11 is 2.07. The second-order valence-corrected chi connectivity index (χ2v) is 6.27. The third-order valence-electron chi connectivity index (χ3n) is 3.51. The molecule has 0 aliphatic heterocycles. The van der Waals surface area contributed by atoms with E-state index >= 15 is 0 Å². The van der Waals surface area contributed by atoms with Crippen LogP contribution in [0.3, 0.4) is 0 Å². The first-order valence-corrected chi connectivity index (χ1v) is 7.56. The molecular weight excluding hydrogens is 228 g/mol. The van der Waals surface area contributed by atoms with Crippen LogP contribution in [-0.4, -0.2) is 16.3 Å². The van der Waals surface area contributed by atoms with Gasteiger partial charge in [0.25, 0.3) is 0 Å². The Kier molecular flexibility index (Phi) is 4.86. The van der Waals surface area contributed by atoms with Crippen molar-refractivity contribution in [3.63, 3.8) is 0 Å². The minimum atomic E-state index is 0.241. The van der Waals surface area contributed by atoms with E-state index in [9.17, 15) is 0 Å². The zero-order valence-electron chi connectivity index (χ0n) is 10.5. The van der Waals surface area contributed by atoms with Crippen LogP contribution in [0.5, 0.6) is 0 Å². The Hall–Kier alpha value is -0.540. The van der Waals surface area contributed by atoms with E-state index in [0.717, 1.165) is 11.7 Å². The first-order chi connectivity index (χ1) is 8.31. The van der Waals surface area contributed by atoms with E-state index in [4.69, 9.17) is 5.73 Å². The van der Waals surface area contributed by atoms with Crippen molar-refractivity contribution in [3.8, 4) is 0 Å². The van der Waals surface area contributed by atoms with E-state index in [0.29, 0.717) is 5.25 Å². The summed E-state index contributed by atoms with van der Waals surface area (Å²) in [5.74, 6) is 0. The van der Waals surface area contributed by atoms with Gasteiger partial charge in [-0.05, 0) is 30.9 Å². The van der Waals surface area contributed by atoms with Crippen LogP contribution in [0.2, 0.25) is 0 Å². The molecule has 0 saturated heterocycles. The zero-order valence-corrected chi connectivity index (χ0v) is 11.3. The number of nitrogens with zero attached hydrogens (tertiary/aromatic N) is 1. The molecular formula is C14H22N2S. The molecule has 1 aliphatic rings. The molecule has 1 aliphatic carbocycles. The first kappa shape index (κ1) is 12.9. The van der Waals surface area contributed by atoms with Gasteiger partial charge in [0.15, 0.2) is 0 Å². The van der Waals surface area contributed by atoms with Gasteiger partial charge in [0, 0.05) is 28.9 Å². The van der Waals surface area contributed by atoms with Gasteiger partial charge in [-0.2, -0.15) is 0 Å². The summed E-state index contributed by atoms with van der Waals surface area (Å²) in [5, 5.41) is 1.22. The minimum Gasteiger partial charge on any atom is -0.326 e. The van der Waals surface area contributed by atoms with E-state index in [1.165, 1.54) is 31.2 Å². The lowest BCUT2D eigenvalue weighted by atomic mass is 10.1. The van der Waals surface area contributed by atoms with E-state index in [1.807, 2.05) is 18.5 Å². The number of hydrogen-bond donors (Lipinski definition) is 1. The van der Waals surface area contributed by atoms with Gasteiger partial charge in [0.05, 0.1) is 0 Å². The zero-order chi connectivity index (χ0) is 12.1. The summed E-state index contributed by atoms with van der Waals surface area (Å²) in [6, 6.07) is 4.42. The number of hydrogen-bond acceptors (Lipinski definition) is 3. The average Bonchev–Trinajstić information content (AvgIpc) is 2.89. The standard InChI is InChI=1S/C14H22N2S/c1-2-13(15)14(11-6-5-9-16-10-11)17-12-7-3-4-8-12/h5-6,9-10,12-14H,2-4,7-8,15H2,1H3. The third-order valence-corrected chi connectivity index (χ3v) is 5.29. The number of pyridine rings is 1. The molecule has 17 heavy (non-hydrogen) atoms. The Morgan fingerprint density at radius 1 is 1.47 bits per heavy atom. The molecule has 3 heteroatoms. The molecule has 1 aromatic rings. The fourth-order valence-corrected chi connectivity index (χ4v) is 4.13. The lowest BCUT2D eigenvalue weighted by molar-refractivity contribution is 0.629. The molecule has 1 heterocycles. The number of aromatic nitrogens is 1. The quantitative estimate of drug-likeness (QED) is 0.869. The highest BCUT2D eigenvalue weighted by Gasteiger charge is 2.25. The number of rotatable bonds is 5. The minimum absolute atomic E-state index is 0.241. The number of thioether (sulfide) groups is 1. The van der Waals surface area contributed by atoms with Crippen LogP contribution in [0.4, 0.5) is 0 Å². The fourth-order valence-electron chi connectivity index (χ4n) is 2.42. The molecule has 2 unspecified atom stereocenters. The van der Waals surface area contributed by atoms with Crippen LogP contribution < -0.4 is 5.73 Å². The van der Waals surface area contributed by atoms with Crippen molar-refractivity contribution >= 4 is 11.8 Å². The molecule has 2 atom stereocenters. The van der Waals surface area contributed by atoms with Crippen LogP contribution in [0.1, 0.15) is 49.8 Å². The molecule has 0 spiro atoms. The predicted molar refractivity (Wildman–Crippen MR) is 75.1 cm³/mol. The molecule has 2 rings (SSSR count). The van der Waals surface area contributed by atoms with Gasteiger partial charge in [-0.3, -0.25) is 4.98 Å². The van der Waals surface area contributed by atoms with Crippen molar-refractivity contribution in [3.05, 3.63) is 30.1 Å². The lowest BCUT2D eigenvalue weighted by Crippen LogP contribution is -2.27. The molecule has 1 saturated carbocycles. The predicted octanol–water partition coefficient (Wildman–Crippen LogP) is 3.54. The molecule has 0 bridgehead atoms. The summed E-state index contributed by atoms with van der Waals surface area (Å²) in [4.78, 5) is 4.23. The largest absolute Gasteiger partial charge is 0.326 e. The van der Waals surface area contributed by atoms with E-state index in [2.05, 4.69) is 29.7 Å². The first-order valence-electron chi connectivity index (χ1n) is 6.62. The molecule has 0 radical (unpaired) electrons. The van der Waals surface area contributed by atoms with Crippen molar-refractivity contribution in [2.45, 2.75) is 55.6 Å². The maximum atomic E-state index is 6.28. The summed E-state index contributed by atoms with van der Waals surface area (Å²) < 4.78 is 0. The summed E-state index contributed by atoms with van der Waals surface area (Å²) in [6.45, 7) is 2.17. The van der Waals surface area contributed by atoms with Gasteiger partial charge in [-0.15, -0.1) is 11.8 Å². The SMILES string of the molecule is CCC(N)C(SC1CCCC1)c1cccnc1. The van der Waals surface area contributed by atoms with Crippen molar-refractivity contribution < 1.29 is 0 Å². The van der Waals surface area contributed by atoms with Crippen LogP contribution in [0, 0.1) is 0 Å². The second kappa shape index (κ2) is 6.41. The highest BCUT2D eigenvalue weighted by atomic mass is 32.2. The normalized spacial score (nSPS) is 20.4. The van der Waals surface area contributed by atoms with E-state index < -0.39 is 0 Å². The van der Waals surface area contributed by atoms with Gasteiger partial charge >= 0.3 is 0 Å². The van der Waals surface area contributed by atoms with Crippen LogP contribution in [-0.2, 0) is 0 Å². The summed E-state index contributed by atoms with van der Waals surface area (Å²) in [6.07, 6.45) is 10.3. The van der Waals surface area contributed by atoms with E-state index in [1.54, 1.807) is 0 Å². The molecule has 2 nitrogen and oxygen atoms in total. The molecule has 1 fully saturated rings. The highest BCUT2D eigenvalue weighted by Crippen LogP contribution is 2.41. The summed E-state index contributed by atoms with van der Waals surface area (Å²) in [7, 11) is 0. The molecule has 0 aromatic carbocycles. The topological polar surface area (TPSA) is 38.9 Å². The molecule has 94 valence electrons. The van der Waals surface area contributed by atoms with Gasteiger partial charge < -0.3 is 5.73 Å². The Morgan fingerprint density at radius 3 is 2.82 bits per heavy atom. The van der Waals surface area contributed by atoms with Crippen LogP contribution in [0.25, 0.3) is 0 Å².